The fourth-order valence-electron chi connectivity index (χ4n) is 2.23. The highest BCUT2D eigenvalue weighted by Gasteiger charge is 2.35. The van der Waals surface area contributed by atoms with E-state index in [-0.39, 0.29) is 5.71 Å². The van der Waals surface area contributed by atoms with Gasteiger partial charge in [0, 0.05) is 11.3 Å². The maximum absolute atomic E-state index is 12.6. The zero-order chi connectivity index (χ0) is 15.7. The lowest BCUT2D eigenvalue weighted by Gasteiger charge is -2.16. The molecule has 3 rings (SSSR count). The highest BCUT2D eigenvalue weighted by atomic mass is 32.2. The smallest absolute Gasteiger partial charge is 0.275 e. The summed E-state index contributed by atoms with van der Waals surface area (Å²) in [5.74, 6) is -0.434. The SMILES string of the molecule is CS(=O)(=O)O/N=C1/C(=O)N(c2ccccc2)c2ccccc21. The van der Waals surface area contributed by atoms with Crippen molar-refractivity contribution in [1.82, 2.24) is 0 Å². The monoisotopic (exact) mass is 316 g/mol. The molecule has 1 aliphatic heterocycles. The van der Waals surface area contributed by atoms with Crippen LogP contribution in [0.1, 0.15) is 5.56 Å². The van der Waals surface area contributed by atoms with Crippen LogP contribution < -0.4 is 4.90 Å². The number of oxime groups is 1. The quantitative estimate of drug-likeness (QED) is 0.812. The Bertz CT molecular complexity index is 860. The molecule has 7 heteroatoms. The highest BCUT2D eigenvalue weighted by Crippen LogP contribution is 2.35. The van der Waals surface area contributed by atoms with Crippen LogP contribution in [0, 0.1) is 0 Å². The van der Waals surface area contributed by atoms with Crippen LogP contribution in [0.15, 0.2) is 59.8 Å². The van der Waals surface area contributed by atoms with Crippen LogP contribution in [-0.4, -0.2) is 26.3 Å². The molecule has 0 radical (unpaired) electrons. The number of benzene rings is 2. The fraction of sp³-hybridized carbons (Fsp3) is 0.0667. The molecule has 2 aromatic carbocycles. The zero-order valence-corrected chi connectivity index (χ0v) is 12.4. The number of para-hydroxylation sites is 2. The van der Waals surface area contributed by atoms with Gasteiger partial charge in [-0.15, -0.1) is 0 Å². The van der Waals surface area contributed by atoms with Crippen molar-refractivity contribution in [3.05, 3.63) is 60.2 Å². The molecular weight excluding hydrogens is 304 g/mol. The molecule has 1 aliphatic rings. The van der Waals surface area contributed by atoms with Crippen molar-refractivity contribution < 1.29 is 17.5 Å². The van der Waals surface area contributed by atoms with E-state index in [0.717, 1.165) is 6.26 Å². The molecule has 1 heterocycles. The first-order chi connectivity index (χ1) is 10.5. The summed E-state index contributed by atoms with van der Waals surface area (Å²) in [5, 5.41) is 3.53. The second-order valence-electron chi connectivity index (χ2n) is 4.71. The lowest BCUT2D eigenvalue weighted by molar-refractivity contribution is -0.111. The van der Waals surface area contributed by atoms with Gasteiger partial charge >= 0.3 is 10.1 Å². The normalized spacial score (nSPS) is 16.0. The van der Waals surface area contributed by atoms with E-state index >= 15 is 0 Å². The number of hydrogen-bond acceptors (Lipinski definition) is 5. The summed E-state index contributed by atoms with van der Waals surface area (Å²) in [6.45, 7) is 0. The van der Waals surface area contributed by atoms with Crippen molar-refractivity contribution in [3.8, 4) is 0 Å². The van der Waals surface area contributed by atoms with E-state index in [4.69, 9.17) is 0 Å². The average Bonchev–Trinajstić information content (AvgIpc) is 2.77. The maximum atomic E-state index is 12.6. The number of hydrogen-bond donors (Lipinski definition) is 0. The van der Waals surface area contributed by atoms with Gasteiger partial charge in [0.25, 0.3) is 5.91 Å². The standard InChI is InChI=1S/C15H12N2O4S/c1-22(19,20)21-16-14-12-9-5-6-10-13(12)17(15(14)18)11-7-3-2-4-8-11/h2-10H,1H3/b16-14+. The molecule has 0 unspecified atom stereocenters. The van der Waals surface area contributed by atoms with Crippen LogP contribution >= 0.6 is 0 Å². The summed E-state index contributed by atoms with van der Waals surface area (Å²) in [6, 6.07) is 16.0. The third-order valence-electron chi connectivity index (χ3n) is 3.08. The summed E-state index contributed by atoms with van der Waals surface area (Å²) in [7, 11) is -3.78. The van der Waals surface area contributed by atoms with Crippen LogP contribution in [0.5, 0.6) is 0 Å². The van der Waals surface area contributed by atoms with Crippen molar-refractivity contribution in [3.63, 3.8) is 0 Å². The molecule has 1 amide bonds. The number of anilines is 2. The molecule has 2 aromatic rings. The largest absolute Gasteiger partial charge is 0.325 e. The topological polar surface area (TPSA) is 76.0 Å². The Balaban J connectivity index is 2.11. The predicted molar refractivity (Wildman–Crippen MR) is 82.5 cm³/mol. The minimum atomic E-state index is -3.78. The van der Waals surface area contributed by atoms with E-state index in [1.54, 1.807) is 36.4 Å². The minimum Gasteiger partial charge on any atom is -0.275 e. The zero-order valence-electron chi connectivity index (χ0n) is 11.6. The van der Waals surface area contributed by atoms with Gasteiger partial charge in [0.1, 0.15) is 0 Å². The molecule has 0 N–H and O–H groups in total. The number of rotatable bonds is 3. The minimum absolute atomic E-state index is 0.0371. The lowest BCUT2D eigenvalue weighted by atomic mass is 10.1. The van der Waals surface area contributed by atoms with Gasteiger partial charge in [-0.1, -0.05) is 41.6 Å². The number of amides is 1. The molecule has 0 saturated carbocycles. The summed E-state index contributed by atoms with van der Waals surface area (Å²) < 4.78 is 26.6. The Labute approximate surface area is 127 Å². The molecule has 0 atom stereocenters. The molecule has 0 aromatic heterocycles. The van der Waals surface area contributed by atoms with Gasteiger partial charge in [-0.25, -0.2) is 0 Å². The van der Waals surface area contributed by atoms with Gasteiger partial charge < -0.3 is 0 Å². The fourth-order valence-corrected chi connectivity index (χ4v) is 2.44. The Hall–Kier alpha value is -2.67. The van der Waals surface area contributed by atoms with Crippen LogP contribution in [0.25, 0.3) is 0 Å². The molecule has 0 fully saturated rings. The Kier molecular flexibility index (Phi) is 3.42. The van der Waals surface area contributed by atoms with Crippen LogP contribution in [0.2, 0.25) is 0 Å². The highest BCUT2D eigenvalue weighted by molar-refractivity contribution is 7.85. The molecule has 0 aliphatic carbocycles. The number of carbonyl (C=O) groups is 1. The third-order valence-corrected chi connectivity index (χ3v) is 3.43. The summed E-state index contributed by atoms with van der Waals surface area (Å²) in [5.41, 5.74) is 1.80. The molecular formula is C15H12N2O4S. The van der Waals surface area contributed by atoms with Gasteiger partial charge in [-0.2, -0.15) is 8.42 Å². The van der Waals surface area contributed by atoms with E-state index in [9.17, 15) is 13.2 Å². The average molecular weight is 316 g/mol. The van der Waals surface area contributed by atoms with Crippen molar-refractivity contribution in [2.45, 2.75) is 0 Å². The second-order valence-corrected chi connectivity index (χ2v) is 6.27. The number of fused-ring (bicyclic) bond motifs is 1. The molecule has 0 bridgehead atoms. The lowest BCUT2D eigenvalue weighted by Crippen LogP contribution is -2.25. The van der Waals surface area contributed by atoms with Gasteiger partial charge in [-0.05, 0) is 18.2 Å². The van der Waals surface area contributed by atoms with E-state index in [0.29, 0.717) is 16.9 Å². The van der Waals surface area contributed by atoms with Gasteiger partial charge in [0.15, 0.2) is 5.71 Å². The van der Waals surface area contributed by atoms with E-state index < -0.39 is 16.0 Å². The van der Waals surface area contributed by atoms with E-state index in [1.165, 1.54) is 4.90 Å². The van der Waals surface area contributed by atoms with Crippen LogP contribution in [0.4, 0.5) is 11.4 Å². The van der Waals surface area contributed by atoms with E-state index in [1.807, 2.05) is 18.2 Å². The van der Waals surface area contributed by atoms with Gasteiger partial charge in [-0.3, -0.25) is 14.0 Å². The van der Waals surface area contributed by atoms with Gasteiger partial charge in [0.05, 0.1) is 11.9 Å². The van der Waals surface area contributed by atoms with Crippen molar-refractivity contribution in [2.24, 2.45) is 5.16 Å². The number of nitrogens with zero attached hydrogens (tertiary/aromatic N) is 2. The molecule has 112 valence electrons. The van der Waals surface area contributed by atoms with Crippen molar-refractivity contribution >= 4 is 33.1 Å². The molecule has 6 nitrogen and oxygen atoms in total. The Morgan fingerprint density at radius 1 is 1.00 bits per heavy atom. The van der Waals surface area contributed by atoms with Crippen molar-refractivity contribution in [2.75, 3.05) is 11.2 Å². The molecule has 0 saturated heterocycles. The first kappa shape index (κ1) is 14.3. The Morgan fingerprint density at radius 3 is 2.32 bits per heavy atom. The van der Waals surface area contributed by atoms with Crippen molar-refractivity contribution in [1.29, 1.82) is 0 Å². The Morgan fingerprint density at radius 2 is 1.64 bits per heavy atom. The number of carbonyl (C=O) groups excluding carboxylic acids is 1. The third kappa shape index (κ3) is 2.58. The predicted octanol–water partition coefficient (Wildman–Crippen LogP) is 2.05. The first-order valence-electron chi connectivity index (χ1n) is 6.43. The van der Waals surface area contributed by atoms with E-state index in [2.05, 4.69) is 9.44 Å². The first-order valence-corrected chi connectivity index (χ1v) is 8.24. The van der Waals surface area contributed by atoms with Gasteiger partial charge in [0.2, 0.25) is 0 Å². The molecule has 0 spiro atoms. The van der Waals surface area contributed by atoms with Crippen LogP contribution in [0.3, 0.4) is 0 Å². The summed E-state index contributed by atoms with van der Waals surface area (Å²) in [4.78, 5) is 14.1. The summed E-state index contributed by atoms with van der Waals surface area (Å²) >= 11 is 0. The van der Waals surface area contributed by atoms with Crippen LogP contribution in [-0.2, 0) is 19.2 Å². The summed E-state index contributed by atoms with van der Waals surface area (Å²) in [6.07, 6.45) is 0.872. The second kappa shape index (κ2) is 5.27. The maximum Gasteiger partial charge on any atom is 0.325 e. The molecule has 22 heavy (non-hydrogen) atoms.